The SMILES string of the molecule is O=C(c1cccc(CN2C(=O)[C@@H]3CCCN3C(=O)c3ccccc32)c1)N1CCOCC1. The molecule has 2 aromatic carbocycles. The van der Waals surface area contributed by atoms with Crippen molar-refractivity contribution in [1.29, 1.82) is 0 Å². The van der Waals surface area contributed by atoms with Crippen LogP contribution >= 0.6 is 0 Å². The zero-order valence-corrected chi connectivity index (χ0v) is 17.3. The van der Waals surface area contributed by atoms with Gasteiger partial charge in [0.1, 0.15) is 6.04 Å². The number of anilines is 1. The van der Waals surface area contributed by atoms with Crippen LogP contribution in [0.5, 0.6) is 0 Å². The highest BCUT2D eigenvalue weighted by molar-refractivity contribution is 6.11. The lowest BCUT2D eigenvalue weighted by molar-refractivity contribution is -0.122. The maximum absolute atomic E-state index is 13.4. The molecule has 0 aromatic heterocycles. The van der Waals surface area contributed by atoms with Crippen molar-refractivity contribution in [2.24, 2.45) is 0 Å². The fourth-order valence-corrected chi connectivity index (χ4v) is 4.71. The predicted molar refractivity (Wildman–Crippen MR) is 115 cm³/mol. The maximum Gasteiger partial charge on any atom is 0.256 e. The molecule has 0 radical (unpaired) electrons. The van der Waals surface area contributed by atoms with E-state index < -0.39 is 6.04 Å². The van der Waals surface area contributed by atoms with Crippen LogP contribution in [0.15, 0.2) is 48.5 Å². The quantitative estimate of drug-likeness (QED) is 0.766. The topological polar surface area (TPSA) is 70.2 Å². The molecule has 2 fully saturated rings. The number of para-hydroxylation sites is 1. The number of amides is 3. The second-order valence-electron chi connectivity index (χ2n) is 8.20. The molecule has 7 heteroatoms. The standard InChI is InChI=1S/C24H25N3O4/c28-22(25-11-13-31-14-12-25)18-6-3-5-17(15-18)16-27-20-8-2-1-7-19(20)23(29)26-10-4-9-21(26)24(27)30/h1-3,5-8,15,21H,4,9-14,16H2/t21-/m0/s1. The van der Waals surface area contributed by atoms with Crippen molar-refractivity contribution < 1.29 is 19.1 Å². The molecule has 0 spiro atoms. The zero-order chi connectivity index (χ0) is 21.4. The summed E-state index contributed by atoms with van der Waals surface area (Å²) in [4.78, 5) is 44.6. The van der Waals surface area contributed by atoms with Gasteiger partial charge in [-0.15, -0.1) is 0 Å². The lowest BCUT2D eigenvalue weighted by Crippen LogP contribution is -2.44. The molecule has 0 unspecified atom stereocenters. The first-order valence-electron chi connectivity index (χ1n) is 10.8. The first kappa shape index (κ1) is 19.8. The number of benzene rings is 2. The summed E-state index contributed by atoms with van der Waals surface area (Å²) in [5.74, 6) is -0.157. The monoisotopic (exact) mass is 419 g/mol. The van der Waals surface area contributed by atoms with Crippen LogP contribution in [-0.4, -0.2) is 66.4 Å². The lowest BCUT2D eigenvalue weighted by Gasteiger charge is -2.28. The third kappa shape index (κ3) is 3.59. The summed E-state index contributed by atoms with van der Waals surface area (Å²) in [5.41, 5.74) is 2.66. The van der Waals surface area contributed by atoms with Gasteiger partial charge in [0.15, 0.2) is 0 Å². The average Bonchev–Trinajstić information content (AvgIpc) is 3.29. The molecule has 2 aromatic rings. The molecular formula is C24H25N3O4. The summed E-state index contributed by atoms with van der Waals surface area (Å²) in [5, 5.41) is 0. The van der Waals surface area contributed by atoms with E-state index in [1.54, 1.807) is 20.8 Å². The Morgan fingerprint density at radius 3 is 2.65 bits per heavy atom. The molecule has 3 heterocycles. The minimum absolute atomic E-state index is 0.0233. The zero-order valence-electron chi connectivity index (χ0n) is 17.3. The van der Waals surface area contributed by atoms with E-state index in [0.717, 1.165) is 12.0 Å². The van der Waals surface area contributed by atoms with Crippen LogP contribution in [0.1, 0.15) is 39.1 Å². The van der Waals surface area contributed by atoms with Gasteiger partial charge in [-0.05, 0) is 42.7 Å². The minimum atomic E-state index is -0.418. The smallest absolute Gasteiger partial charge is 0.256 e. The van der Waals surface area contributed by atoms with Crippen molar-refractivity contribution in [2.45, 2.75) is 25.4 Å². The van der Waals surface area contributed by atoms with E-state index in [1.165, 1.54) is 0 Å². The molecule has 31 heavy (non-hydrogen) atoms. The van der Waals surface area contributed by atoms with Crippen molar-refractivity contribution >= 4 is 23.4 Å². The molecule has 0 N–H and O–H groups in total. The average molecular weight is 419 g/mol. The number of morpholine rings is 1. The van der Waals surface area contributed by atoms with E-state index in [-0.39, 0.29) is 17.7 Å². The number of fused-ring (bicyclic) bond motifs is 2. The van der Waals surface area contributed by atoms with E-state index >= 15 is 0 Å². The van der Waals surface area contributed by atoms with Crippen molar-refractivity contribution in [2.75, 3.05) is 37.7 Å². The Hall–Kier alpha value is -3.19. The van der Waals surface area contributed by atoms with E-state index in [4.69, 9.17) is 4.74 Å². The molecule has 7 nitrogen and oxygen atoms in total. The number of hydrogen-bond acceptors (Lipinski definition) is 4. The third-order valence-electron chi connectivity index (χ3n) is 6.30. The van der Waals surface area contributed by atoms with E-state index in [2.05, 4.69) is 0 Å². The molecule has 3 amide bonds. The summed E-state index contributed by atoms with van der Waals surface area (Å²) in [6.45, 7) is 3.20. The molecule has 160 valence electrons. The number of carbonyl (C=O) groups is 3. The number of carbonyl (C=O) groups excluding carboxylic acids is 3. The van der Waals surface area contributed by atoms with Gasteiger partial charge in [-0.2, -0.15) is 0 Å². The Labute approximate surface area is 181 Å². The fraction of sp³-hybridized carbons (Fsp3) is 0.375. The normalized spacial score (nSPS) is 21.0. The Morgan fingerprint density at radius 1 is 1.00 bits per heavy atom. The van der Waals surface area contributed by atoms with Crippen LogP contribution in [0, 0.1) is 0 Å². The molecule has 2 saturated heterocycles. The Bertz CT molecular complexity index is 1030. The highest BCUT2D eigenvalue weighted by Crippen LogP contribution is 2.33. The van der Waals surface area contributed by atoms with Gasteiger partial charge in [0.25, 0.3) is 11.8 Å². The van der Waals surface area contributed by atoms with Crippen LogP contribution in [0.2, 0.25) is 0 Å². The second-order valence-corrected chi connectivity index (χ2v) is 8.20. The van der Waals surface area contributed by atoms with Crippen LogP contribution < -0.4 is 4.90 Å². The highest BCUT2D eigenvalue weighted by Gasteiger charge is 2.41. The Morgan fingerprint density at radius 2 is 1.81 bits per heavy atom. The largest absolute Gasteiger partial charge is 0.378 e. The summed E-state index contributed by atoms with van der Waals surface area (Å²) in [7, 11) is 0. The summed E-state index contributed by atoms with van der Waals surface area (Å²) >= 11 is 0. The van der Waals surface area contributed by atoms with Crippen molar-refractivity contribution in [3.05, 3.63) is 65.2 Å². The lowest BCUT2D eigenvalue weighted by atomic mass is 10.1. The molecule has 1 atom stereocenters. The summed E-state index contributed by atoms with van der Waals surface area (Å²) in [6.07, 6.45) is 1.52. The number of rotatable bonds is 3. The third-order valence-corrected chi connectivity index (χ3v) is 6.30. The van der Waals surface area contributed by atoms with Crippen molar-refractivity contribution in [1.82, 2.24) is 9.80 Å². The van der Waals surface area contributed by atoms with Gasteiger partial charge in [-0.1, -0.05) is 24.3 Å². The molecule has 5 rings (SSSR count). The fourth-order valence-electron chi connectivity index (χ4n) is 4.71. The van der Waals surface area contributed by atoms with Crippen LogP contribution in [-0.2, 0) is 16.1 Å². The molecule has 3 aliphatic heterocycles. The van der Waals surface area contributed by atoms with Crippen LogP contribution in [0.25, 0.3) is 0 Å². The predicted octanol–water partition coefficient (Wildman–Crippen LogP) is 2.31. The second kappa shape index (κ2) is 8.15. The number of hydrogen-bond donors (Lipinski definition) is 0. The van der Waals surface area contributed by atoms with Gasteiger partial charge >= 0.3 is 0 Å². The molecule has 3 aliphatic rings. The van der Waals surface area contributed by atoms with Gasteiger partial charge in [0.05, 0.1) is 31.0 Å². The number of ether oxygens (including phenoxy) is 1. The first-order chi connectivity index (χ1) is 15.1. The van der Waals surface area contributed by atoms with Gasteiger partial charge in [-0.25, -0.2) is 0 Å². The van der Waals surface area contributed by atoms with Crippen molar-refractivity contribution in [3.8, 4) is 0 Å². The maximum atomic E-state index is 13.4. The van der Waals surface area contributed by atoms with E-state index in [9.17, 15) is 14.4 Å². The van der Waals surface area contributed by atoms with Crippen LogP contribution in [0.3, 0.4) is 0 Å². The molecule has 0 bridgehead atoms. The van der Waals surface area contributed by atoms with Gasteiger partial charge in [-0.3, -0.25) is 14.4 Å². The summed E-state index contributed by atoms with van der Waals surface area (Å²) in [6, 6.07) is 14.3. The number of nitrogens with zero attached hydrogens (tertiary/aromatic N) is 3. The molecular weight excluding hydrogens is 394 g/mol. The first-order valence-corrected chi connectivity index (χ1v) is 10.8. The Kier molecular flexibility index (Phi) is 5.19. The van der Waals surface area contributed by atoms with Gasteiger partial charge in [0, 0.05) is 25.2 Å². The molecule has 0 saturated carbocycles. The van der Waals surface area contributed by atoms with E-state index in [1.807, 2.05) is 42.5 Å². The van der Waals surface area contributed by atoms with Gasteiger partial charge in [0.2, 0.25) is 5.91 Å². The summed E-state index contributed by atoms with van der Waals surface area (Å²) < 4.78 is 5.34. The Balaban J connectivity index is 1.46. The molecule has 0 aliphatic carbocycles. The van der Waals surface area contributed by atoms with Crippen molar-refractivity contribution in [3.63, 3.8) is 0 Å². The minimum Gasteiger partial charge on any atom is -0.378 e. The van der Waals surface area contributed by atoms with E-state index in [0.29, 0.717) is 62.6 Å². The van der Waals surface area contributed by atoms with Gasteiger partial charge < -0.3 is 19.4 Å². The van der Waals surface area contributed by atoms with Crippen LogP contribution in [0.4, 0.5) is 5.69 Å². The highest BCUT2D eigenvalue weighted by atomic mass is 16.5.